The second kappa shape index (κ2) is 5.67. The third-order valence-electron chi connectivity index (χ3n) is 3.06. The number of carbonyl (C=O) groups excluding carboxylic acids is 1. The molecule has 0 atom stereocenters. The number of amides is 1. The van der Waals surface area contributed by atoms with Gasteiger partial charge in [-0.2, -0.15) is 0 Å². The number of likely N-dealkylation sites (N-methyl/N-ethyl adjacent to an activating group) is 2. The van der Waals surface area contributed by atoms with Crippen LogP contribution in [0, 0.1) is 0 Å². The second-order valence-electron chi connectivity index (χ2n) is 4.39. The van der Waals surface area contributed by atoms with Gasteiger partial charge in [0.1, 0.15) is 5.82 Å². The summed E-state index contributed by atoms with van der Waals surface area (Å²) in [5.74, 6) is 0.703. The largest absolute Gasteiger partial charge is 0.358 e. The van der Waals surface area contributed by atoms with Crippen LogP contribution in [0.2, 0.25) is 0 Å². The lowest BCUT2D eigenvalue weighted by Crippen LogP contribution is -2.33. The maximum atomic E-state index is 11.4. The van der Waals surface area contributed by atoms with Crippen molar-refractivity contribution in [2.75, 3.05) is 25.5 Å². The van der Waals surface area contributed by atoms with Gasteiger partial charge in [-0.05, 0) is 17.7 Å². The average Bonchev–Trinajstić information content (AvgIpc) is 2.45. The molecule has 0 unspecified atom stereocenters. The Balaban J connectivity index is 2.41. The number of fused-ring (bicyclic) bond motifs is 1. The molecule has 19 heavy (non-hydrogen) atoms. The summed E-state index contributed by atoms with van der Waals surface area (Å²) >= 11 is 0. The van der Waals surface area contributed by atoms with E-state index in [2.05, 4.69) is 10.3 Å². The van der Waals surface area contributed by atoms with Crippen LogP contribution in [0.3, 0.4) is 0 Å². The topological polar surface area (TPSA) is 71.2 Å². The lowest BCUT2D eigenvalue weighted by molar-refractivity contribution is -0.119. The van der Waals surface area contributed by atoms with Gasteiger partial charge in [0.15, 0.2) is 0 Å². The van der Waals surface area contributed by atoms with Crippen molar-refractivity contribution in [2.24, 2.45) is 5.73 Å². The fourth-order valence-corrected chi connectivity index (χ4v) is 1.97. The Morgan fingerprint density at radius 1 is 1.42 bits per heavy atom. The van der Waals surface area contributed by atoms with E-state index >= 15 is 0 Å². The number of nitrogens with zero attached hydrogens (tertiary/aromatic N) is 2. The molecule has 1 aromatic heterocycles. The highest BCUT2D eigenvalue weighted by molar-refractivity contribution is 5.85. The van der Waals surface area contributed by atoms with E-state index < -0.39 is 0 Å². The summed E-state index contributed by atoms with van der Waals surface area (Å²) in [5, 5.41) is 3.66. The zero-order valence-corrected chi connectivity index (χ0v) is 11.2. The smallest absolute Gasteiger partial charge is 0.239 e. The number of nitrogens with one attached hydrogen (secondary N) is 1. The molecular formula is C14H18N4O. The Hall–Kier alpha value is -2.14. The lowest BCUT2D eigenvalue weighted by atomic mass is 10.1. The van der Waals surface area contributed by atoms with Gasteiger partial charge in [0.25, 0.3) is 0 Å². The molecule has 1 heterocycles. The Bertz CT molecular complexity index is 597. The number of nitrogens with two attached hydrogens (primary N) is 1. The Labute approximate surface area is 112 Å². The minimum absolute atomic E-state index is 0.0493. The fraction of sp³-hybridized carbons (Fsp3) is 0.286. The molecule has 0 radical (unpaired) electrons. The molecule has 0 aliphatic carbocycles. The Kier molecular flexibility index (Phi) is 3.97. The van der Waals surface area contributed by atoms with E-state index in [4.69, 9.17) is 5.73 Å². The molecule has 0 saturated carbocycles. The first-order valence-corrected chi connectivity index (χ1v) is 6.16. The van der Waals surface area contributed by atoms with Gasteiger partial charge in [0, 0.05) is 26.0 Å². The first-order chi connectivity index (χ1) is 9.15. The van der Waals surface area contributed by atoms with E-state index in [0.717, 1.165) is 22.3 Å². The quantitative estimate of drug-likeness (QED) is 0.854. The molecular weight excluding hydrogens is 240 g/mol. The van der Waals surface area contributed by atoms with Crippen LogP contribution in [-0.4, -0.2) is 31.5 Å². The predicted octanol–water partition coefficient (Wildman–Crippen LogP) is 0.876. The van der Waals surface area contributed by atoms with Crippen molar-refractivity contribution in [3.05, 3.63) is 35.9 Å². The zero-order chi connectivity index (χ0) is 13.8. The van der Waals surface area contributed by atoms with Crippen molar-refractivity contribution in [2.45, 2.75) is 6.54 Å². The molecule has 2 rings (SSSR count). The van der Waals surface area contributed by atoms with Gasteiger partial charge in [-0.3, -0.25) is 4.79 Å². The van der Waals surface area contributed by atoms with E-state index in [1.54, 1.807) is 7.05 Å². The van der Waals surface area contributed by atoms with Gasteiger partial charge >= 0.3 is 0 Å². The van der Waals surface area contributed by atoms with Crippen molar-refractivity contribution in [1.82, 2.24) is 10.3 Å². The van der Waals surface area contributed by atoms with Crippen LogP contribution < -0.4 is 16.0 Å². The number of carbonyl (C=O) groups is 1. The van der Waals surface area contributed by atoms with Gasteiger partial charge in [-0.1, -0.05) is 18.2 Å². The Morgan fingerprint density at radius 2 is 2.16 bits per heavy atom. The summed E-state index contributed by atoms with van der Waals surface area (Å²) in [5.41, 5.74) is 7.71. The molecule has 100 valence electrons. The van der Waals surface area contributed by atoms with Crippen LogP contribution in [-0.2, 0) is 11.3 Å². The summed E-state index contributed by atoms with van der Waals surface area (Å²) in [7, 11) is 3.46. The SMILES string of the molecule is CNC(=O)CN(C)c1cc(CN)c2ccccc2n1. The van der Waals surface area contributed by atoms with Gasteiger partial charge in [0.05, 0.1) is 12.1 Å². The summed E-state index contributed by atoms with van der Waals surface area (Å²) in [4.78, 5) is 17.8. The second-order valence-corrected chi connectivity index (χ2v) is 4.39. The number of rotatable bonds is 4. The molecule has 0 fully saturated rings. The average molecular weight is 258 g/mol. The van der Waals surface area contributed by atoms with Gasteiger partial charge in [-0.25, -0.2) is 4.98 Å². The van der Waals surface area contributed by atoms with Crippen LogP contribution >= 0.6 is 0 Å². The van der Waals surface area contributed by atoms with Crippen LogP contribution in [0.1, 0.15) is 5.56 Å². The molecule has 0 aliphatic rings. The standard InChI is InChI=1S/C14H18N4O/c1-16-14(19)9-18(2)13-7-10(8-15)11-5-3-4-6-12(11)17-13/h3-7H,8-9,15H2,1-2H3,(H,16,19). The molecule has 1 amide bonds. The van der Waals surface area contributed by atoms with Crippen LogP contribution in [0.5, 0.6) is 0 Å². The minimum atomic E-state index is -0.0493. The van der Waals surface area contributed by atoms with E-state index in [1.807, 2.05) is 42.3 Å². The molecule has 0 bridgehead atoms. The number of para-hydroxylation sites is 1. The molecule has 0 saturated heterocycles. The van der Waals surface area contributed by atoms with Gasteiger partial charge < -0.3 is 16.0 Å². The number of pyridine rings is 1. The normalized spacial score (nSPS) is 10.5. The van der Waals surface area contributed by atoms with Crippen LogP contribution in [0.15, 0.2) is 30.3 Å². The van der Waals surface area contributed by atoms with Crippen LogP contribution in [0.25, 0.3) is 10.9 Å². The molecule has 3 N–H and O–H groups in total. The Morgan fingerprint density at radius 3 is 2.84 bits per heavy atom. The van der Waals surface area contributed by atoms with E-state index in [9.17, 15) is 4.79 Å². The highest BCUT2D eigenvalue weighted by Crippen LogP contribution is 2.21. The van der Waals surface area contributed by atoms with Crippen molar-refractivity contribution >= 4 is 22.6 Å². The predicted molar refractivity (Wildman–Crippen MR) is 77.0 cm³/mol. The maximum absolute atomic E-state index is 11.4. The molecule has 5 nitrogen and oxygen atoms in total. The first-order valence-electron chi connectivity index (χ1n) is 6.16. The third kappa shape index (κ3) is 2.82. The van der Waals surface area contributed by atoms with Crippen molar-refractivity contribution in [1.29, 1.82) is 0 Å². The van der Waals surface area contributed by atoms with E-state index in [1.165, 1.54) is 0 Å². The number of hydrogen-bond donors (Lipinski definition) is 2. The van der Waals surface area contributed by atoms with Crippen molar-refractivity contribution in [3.63, 3.8) is 0 Å². The number of aromatic nitrogens is 1. The molecule has 0 aliphatic heterocycles. The van der Waals surface area contributed by atoms with E-state index in [0.29, 0.717) is 6.54 Å². The molecule has 0 spiro atoms. The fourth-order valence-electron chi connectivity index (χ4n) is 1.97. The van der Waals surface area contributed by atoms with Gasteiger partial charge in [-0.15, -0.1) is 0 Å². The first kappa shape index (κ1) is 13.3. The van der Waals surface area contributed by atoms with Gasteiger partial charge in [0.2, 0.25) is 5.91 Å². The van der Waals surface area contributed by atoms with Crippen LogP contribution in [0.4, 0.5) is 5.82 Å². The molecule has 5 heteroatoms. The van der Waals surface area contributed by atoms with Crippen molar-refractivity contribution in [3.8, 4) is 0 Å². The van der Waals surface area contributed by atoms with E-state index in [-0.39, 0.29) is 12.5 Å². The summed E-state index contributed by atoms with van der Waals surface area (Å²) < 4.78 is 0. The minimum Gasteiger partial charge on any atom is -0.358 e. The zero-order valence-electron chi connectivity index (χ0n) is 11.2. The monoisotopic (exact) mass is 258 g/mol. The molecule has 1 aromatic carbocycles. The number of anilines is 1. The summed E-state index contributed by atoms with van der Waals surface area (Å²) in [6.07, 6.45) is 0. The summed E-state index contributed by atoms with van der Waals surface area (Å²) in [6.45, 7) is 0.718. The maximum Gasteiger partial charge on any atom is 0.239 e. The highest BCUT2D eigenvalue weighted by Gasteiger charge is 2.10. The highest BCUT2D eigenvalue weighted by atomic mass is 16.1. The molecule has 2 aromatic rings. The third-order valence-corrected chi connectivity index (χ3v) is 3.06. The summed E-state index contributed by atoms with van der Waals surface area (Å²) in [6, 6.07) is 9.80. The number of benzene rings is 1. The number of hydrogen-bond acceptors (Lipinski definition) is 4. The van der Waals surface area contributed by atoms with Crippen molar-refractivity contribution < 1.29 is 4.79 Å². The lowest BCUT2D eigenvalue weighted by Gasteiger charge is -2.18.